The van der Waals surface area contributed by atoms with E-state index in [0.29, 0.717) is 12.5 Å². The van der Waals surface area contributed by atoms with Gasteiger partial charge in [0, 0.05) is 43.6 Å². The summed E-state index contributed by atoms with van der Waals surface area (Å²) in [6.45, 7) is 3.86. The number of benzene rings is 1. The highest BCUT2D eigenvalue weighted by atomic mass is 32.2. The van der Waals surface area contributed by atoms with Crippen LogP contribution in [0.5, 0.6) is 5.75 Å². The number of rotatable bonds is 9. The number of thiophene rings is 1. The first-order valence-electron chi connectivity index (χ1n) is 10.6. The molecule has 7 heteroatoms. The summed E-state index contributed by atoms with van der Waals surface area (Å²) in [5.74, 6) is 2.09. The predicted molar refractivity (Wildman–Crippen MR) is 128 cm³/mol. The van der Waals surface area contributed by atoms with Gasteiger partial charge in [0.1, 0.15) is 5.75 Å². The van der Waals surface area contributed by atoms with Gasteiger partial charge in [-0.3, -0.25) is 4.90 Å². The van der Waals surface area contributed by atoms with E-state index < -0.39 is 0 Å². The van der Waals surface area contributed by atoms with Crippen molar-refractivity contribution >= 4 is 23.1 Å². The van der Waals surface area contributed by atoms with E-state index in [0.717, 1.165) is 59.5 Å². The highest BCUT2D eigenvalue weighted by Gasteiger charge is 2.26. The van der Waals surface area contributed by atoms with Gasteiger partial charge in [0.05, 0.1) is 19.4 Å². The molecule has 1 aliphatic rings. The maximum Gasteiger partial charge on any atom is 0.187 e. The summed E-state index contributed by atoms with van der Waals surface area (Å²) in [7, 11) is 3.43. The fourth-order valence-electron chi connectivity index (χ4n) is 4.05. The second kappa shape index (κ2) is 11.1. The molecule has 31 heavy (non-hydrogen) atoms. The highest BCUT2D eigenvalue weighted by molar-refractivity contribution is 7.99. The van der Waals surface area contributed by atoms with Crippen LogP contribution in [0.4, 0.5) is 0 Å². The van der Waals surface area contributed by atoms with Crippen LogP contribution in [0.1, 0.15) is 30.0 Å². The zero-order valence-corrected chi connectivity index (χ0v) is 19.8. The van der Waals surface area contributed by atoms with Crippen LogP contribution in [0.3, 0.4) is 0 Å². The quantitative estimate of drug-likeness (QED) is 0.247. The van der Waals surface area contributed by atoms with E-state index in [1.165, 1.54) is 12.0 Å². The SMILES string of the molecule is COCCSc1ncc(-c2cccc(OC)c2)c(C2CCCN(Cc3ccsc3)C2)n1. The lowest BCUT2D eigenvalue weighted by Gasteiger charge is -2.33. The van der Waals surface area contributed by atoms with E-state index in [1.54, 1.807) is 37.3 Å². The third kappa shape index (κ3) is 5.86. The van der Waals surface area contributed by atoms with Crippen molar-refractivity contribution in [2.45, 2.75) is 30.5 Å². The molecular formula is C24H29N3O2S2. The predicted octanol–water partition coefficient (Wildman–Crippen LogP) is 5.33. The molecule has 1 unspecified atom stereocenters. The molecule has 1 aliphatic heterocycles. The zero-order chi connectivity index (χ0) is 21.5. The molecule has 0 bridgehead atoms. The number of methoxy groups -OCH3 is 2. The van der Waals surface area contributed by atoms with Gasteiger partial charge in [-0.15, -0.1) is 0 Å². The van der Waals surface area contributed by atoms with Crippen molar-refractivity contribution in [3.63, 3.8) is 0 Å². The van der Waals surface area contributed by atoms with Gasteiger partial charge >= 0.3 is 0 Å². The Morgan fingerprint density at radius 2 is 2.19 bits per heavy atom. The number of ether oxygens (including phenoxy) is 2. The minimum atomic E-state index is 0.387. The molecule has 164 valence electrons. The summed E-state index contributed by atoms with van der Waals surface area (Å²) in [6.07, 6.45) is 4.32. The Morgan fingerprint density at radius 3 is 3.00 bits per heavy atom. The summed E-state index contributed by atoms with van der Waals surface area (Å²) in [4.78, 5) is 12.3. The van der Waals surface area contributed by atoms with Crippen LogP contribution in [0, 0.1) is 0 Å². The van der Waals surface area contributed by atoms with Crippen molar-refractivity contribution < 1.29 is 9.47 Å². The highest BCUT2D eigenvalue weighted by Crippen LogP contribution is 2.35. The topological polar surface area (TPSA) is 47.5 Å². The first-order valence-corrected chi connectivity index (χ1v) is 12.6. The molecule has 0 spiro atoms. The molecule has 1 fully saturated rings. The molecular weight excluding hydrogens is 426 g/mol. The smallest absolute Gasteiger partial charge is 0.187 e. The number of thioether (sulfide) groups is 1. The first kappa shape index (κ1) is 22.3. The van der Waals surface area contributed by atoms with Crippen LogP contribution in [-0.2, 0) is 11.3 Å². The fraction of sp³-hybridized carbons (Fsp3) is 0.417. The lowest BCUT2D eigenvalue weighted by atomic mass is 9.90. The minimum absolute atomic E-state index is 0.387. The second-order valence-electron chi connectivity index (χ2n) is 7.73. The Kier molecular flexibility index (Phi) is 7.97. The number of nitrogens with zero attached hydrogens (tertiary/aromatic N) is 3. The van der Waals surface area contributed by atoms with Crippen LogP contribution in [-0.4, -0.2) is 54.5 Å². The van der Waals surface area contributed by atoms with Crippen molar-refractivity contribution in [3.05, 3.63) is 58.5 Å². The average molecular weight is 456 g/mol. The van der Waals surface area contributed by atoms with Gasteiger partial charge in [0.15, 0.2) is 5.16 Å². The van der Waals surface area contributed by atoms with Crippen LogP contribution in [0.2, 0.25) is 0 Å². The van der Waals surface area contributed by atoms with Crippen molar-refractivity contribution in [2.24, 2.45) is 0 Å². The van der Waals surface area contributed by atoms with Crippen LogP contribution in [0.25, 0.3) is 11.1 Å². The zero-order valence-electron chi connectivity index (χ0n) is 18.1. The third-order valence-corrected chi connectivity index (χ3v) is 7.13. The van der Waals surface area contributed by atoms with E-state index in [4.69, 9.17) is 14.5 Å². The molecule has 0 saturated carbocycles. The second-order valence-corrected chi connectivity index (χ2v) is 9.57. The van der Waals surface area contributed by atoms with Gasteiger partial charge in [-0.25, -0.2) is 9.97 Å². The number of piperidine rings is 1. The molecule has 1 atom stereocenters. The van der Waals surface area contributed by atoms with E-state index in [-0.39, 0.29) is 0 Å². The van der Waals surface area contributed by atoms with Gasteiger partial charge in [-0.2, -0.15) is 11.3 Å². The molecule has 0 radical (unpaired) electrons. The monoisotopic (exact) mass is 455 g/mol. The summed E-state index contributed by atoms with van der Waals surface area (Å²) in [6, 6.07) is 10.4. The summed E-state index contributed by atoms with van der Waals surface area (Å²) in [5, 5.41) is 5.24. The van der Waals surface area contributed by atoms with Crippen LogP contribution < -0.4 is 4.74 Å². The Balaban J connectivity index is 1.62. The maximum absolute atomic E-state index is 5.46. The molecule has 0 N–H and O–H groups in total. The maximum atomic E-state index is 5.46. The number of aromatic nitrogens is 2. The molecule has 0 aliphatic carbocycles. The Bertz CT molecular complexity index is 965. The number of likely N-dealkylation sites (tertiary alicyclic amines) is 1. The fourth-order valence-corrected chi connectivity index (χ4v) is 5.43. The van der Waals surface area contributed by atoms with E-state index >= 15 is 0 Å². The average Bonchev–Trinajstić information content (AvgIpc) is 3.32. The minimum Gasteiger partial charge on any atom is -0.497 e. The molecule has 3 aromatic rings. The lowest BCUT2D eigenvalue weighted by Crippen LogP contribution is -2.34. The normalized spacial score (nSPS) is 17.0. The molecule has 5 nitrogen and oxygen atoms in total. The van der Waals surface area contributed by atoms with Crippen LogP contribution in [0.15, 0.2) is 52.4 Å². The van der Waals surface area contributed by atoms with Crippen molar-refractivity contribution in [3.8, 4) is 16.9 Å². The molecule has 4 rings (SSSR count). The van der Waals surface area contributed by atoms with Crippen LogP contribution >= 0.6 is 23.1 Å². The number of hydrogen-bond acceptors (Lipinski definition) is 7. The largest absolute Gasteiger partial charge is 0.497 e. The van der Waals surface area contributed by atoms with E-state index in [2.05, 4.69) is 38.8 Å². The van der Waals surface area contributed by atoms with Gasteiger partial charge < -0.3 is 9.47 Å². The van der Waals surface area contributed by atoms with Crippen molar-refractivity contribution in [1.29, 1.82) is 0 Å². The standard InChI is InChI=1S/C24H29N3O2S2/c1-28-10-12-31-24-25-14-22(19-5-3-7-21(13-19)29-2)23(26-24)20-6-4-9-27(16-20)15-18-8-11-30-17-18/h3,5,7-8,11,13-14,17,20H,4,6,9-10,12,15-16H2,1-2H3. The van der Waals surface area contributed by atoms with Crippen molar-refractivity contribution in [1.82, 2.24) is 14.9 Å². The molecule has 2 aromatic heterocycles. The number of hydrogen-bond donors (Lipinski definition) is 0. The van der Waals surface area contributed by atoms with Crippen molar-refractivity contribution in [2.75, 3.05) is 39.7 Å². The Labute approximate surface area is 192 Å². The molecule has 1 saturated heterocycles. The molecule has 0 amide bonds. The first-order chi connectivity index (χ1) is 15.3. The van der Waals surface area contributed by atoms with E-state index in [1.807, 2.05) is 18.3 Å². The summed E-state index contributed by atoms with van der Waals surface area (Å²) in [5.41, 5.74) is 4.77. The third-order valence-electron chi connectivity index (χ3n) is 5.57. The van der Waals surface area contributed by atoms with E-state index in [9.17, 15) is 0 Å². The van der Waals surface area contributed by atoms with Gasteiger partial charge in [-0.05, 0) is 59.5 Å². The molecule has 3 heterocycles. The van der Waals surface area contributed by atoms with Gasteiger partial charge in [0.25, 0.3) is 0 Å². The van der Waals surface area contributed by atoms with Gasteiger partial charge in [0.2, 0.25) is 0 Å². The Morgan fingerprint density at radius 1 is 1.26 bits per heavy atom. The summed E-state index contributed by atoms with van der Waals surface area (Å²) < 4.78 is 10.7. The Hall–Kier alpha value is -1.93. The lowest BCUT2D eigenvalue weighted by molar-refractivity contribution is 0.198. The molecule has 1 aromatic carbocycles. The summed E-state index contributed by atoms with van der Waals surface area (Å²) >= 11 is 3.42. The van der Waals surface area contributed by atoms with Gasteiger partial charge in [-0.1, -0.05) is 23.9 Å².